The Morgan fingerprint density at radius 2 is 1.66 bits per heavy atom. The van der Waals surface area contributed by atoms with E-state index in [0.717, 1.165) is 16.7 Å². The summed E-state index contributed by atoms with van der Waals surface area (Å²) in [4.78, 5) is 53.7. The van der Waals surface area contributed by atoms with Crippen LogP contribution in [-0.2, 0) is 19.1 Å². The molecule has 9 nitrogen and oxygen atoms in total. The fourth-order valence-electron chi connectivity index (χ4n) is 4.08. The summed E-state index contributed by atoms with van der Waals surface area (Å²) in [6.07, 6.45) is -0.779. The van der Waals surface area contributed by atoms with E-state index >= 15 is 0 Å². The van der Waals surface area contributed by atoms with Gasteiger partial charge in [0.05, 0.1) is 6.42 Å². The van der Waals surface area contributed by atoms with Gasteiger partial charge < -0.3 is 26.0 Å². The van der Waals surface area contributed by atoms with Crippen LogP contribution in [0.2, 0.25) is 0 Å². The van der Waals surface area contributed by atoms with Gasteiger partial charge >= 0.3 is 6.09 Å². The smallest absolute Gasteiger partial charge is 0.408 e. The van der Waals surface area contributed by atoms with E-state index in [2.05, 4.69) is 10.6 Å². The van der Waals surface area contributed by atoms with E-state index in [1.807, 2.05) is 64.1 Å². The number of hydrogen-bond donors (Lipinski definition) is 3. The summed E-state index contributed by atoms with van der Waals surface area (Å²) in [5.41, 5.74) is 8.50. The van der Waals surface area contributed by atoms with Crippen molar-refractivity contribution in [3.05, 3.63) is 64.7 Å². The molecule has 206 valence electrons. The van der Waals surface area contributed by atoms with Crippen LogP contribution in [0.3, 0.4) is 0 Å². The van der Waals surface area contributed by atoms with Crippen molar-refractivity contribution >= 4 is 29.5 Å². The second kappa shape index (κ2) is 13.1. The van der Waals surface area contributed by atoms with Gasteiger partial charge in [0.2, 0.25) is 11.8 Å². The predicted molar refractivity (Wildman–Crippen MR) is 147 cm³/mol. The number of nitrogens with two attached hydrogens (primary N) is 1. The number of nitrogens with one attached hydrogen (secondary N) is 2. The van der Waals surface area contributed by atoms with Gasteiger partial charge in [-0.1, -0.05) is 48.9 Å². The number of benzene rings is 2. The molecular weight excluding hydrogens is 484 g/mol. The van der Waals surface area contributed by atoms with Gasteiger partial charge in [-0.3, -0.25) is 14.4 Å². The number of rotatable bonds is 10. The molecule has 0 aliphatic heterocycles. The lowest BCUT2D eigenvalue weighted by Crippen LogP contribution is -2.53. The van der Waals surface area contributed by atoms with Crippen molar-refractivity contribution in [3.63, 3.8) is 0 Å². The first-order valence-corrected chi connectivity index (χ1v) is 12.8. The van der Waals surface area contributed by atoms with Crippen LogP contribution in [0.5, 0.6) is 0 Å². The minimum atomic E-state index is -1.31. The molecule has 4 amide bonds. The normalized spacial score (nSPS) is 12.7. The number of anilines is 1. The molecule has 0 bridgehead atoms. The molecule has 0 saturated heterocycles. The van der Waals surface area contributed by atoms with Crippen LogP contribution in [0.15, 0.2) is 42.5 Å². The van der Waals surface area contributed by atoms with Crippen LogP contribution in [0.1, 0.15) is 68.8 Å². The largest absolute Gasteiger partial charge is 0.444 e. The Hall–Kier alpha value is -3.88. The molecule has 0 aromatic heterocycles. The van der Waals surface area contributed by atoms with Crippen molar-refractivity contribution in [2.24, 2.45) is 5.73 Å². The minimum Gasteiger partial charge on any atom is -0.444 e. The van der Waals surface area contributed by atoms with Gasteiger partial charge in [0, 0.05) is 12.2 Å². The van der Waals surface area contributed by atoms with Crippen molar-refractivity contribution < 1.29 is 23.9 Å². The summed E-state index contributed by atoms with van der Waals surface area (Å²) in [6, 6.07) is 10.7. The molecule has 4 N–H and O–H groups in total. The molecule has 38 heavy (non-hydrogen) atoms. The number of ether oxygens (including phenoxy) is 1. The molecule has 0 saturated carbocycles. The maximum Gasteiger partial charge on any atom is 0.408 e. The Labute approximate surface area is 225 Å². The van der Waals surface area contributed by atoms with Crippen molar-refractivity contribution in [2.45, 2.75) is 79.0 Å². The average molecular weight is 525 g/mol. The standard InChI is InChI=1S/C29H40N4O5/c1-8-15-33(27(36)23(17-24(30)34)32-28(37)38-29(5,6)7)25(21-16-18(2)13-14-19(21)3)26(35)31-22-12-10-9-11-20(22)4/h9-14,16,23,25H,8,15,17H2,1-7H3,(H2,30,34)(H,31,35)(H,32,37). The lowest BCUT2D eigenvalue weighted by Gasteiger charge is -2.35. The van der Waals surface area contributed by atoms with Gasteiger partial charge in [0.1, 0.15) is 17.7 Å². The molecule has 2 rings (SSSR count). The van der Waals surface area contributed by atoms with Gasteiger partial charge in [0.25, 0.3) is 5.91 Å². The topological polar surface area (TPSA) is 131 Å². The number of para-hydroxylation sites is 1. The fraction of sp³-hybridized carbons (Fsp3) is 0.448. The van der Waals surface area contributed by atoms with Crippen LogP contribution in [-0.4, -0.2) is 46.9 Å². The quantitative estimate of drug-likeness (QED) is 0.427. The van der Waals surface area contributed by atoms with Gasteiger partial charge in [-0.05, 0) is 70.7 Å². The second-order valence-electron chi connectivity index (χ2n) is 10.5. The molecule has 0 aliphatic carbocycles. The molecule has 0 heterocycles. The Bertz CT molecular complexity index is 1170. The maximum absolute atomic E-state index is 14.0. The first kappa shape index (κ1) is 30.3. The fourth-order valence-corrected chi connectivity index (χ4v) is 4.08. The highest BCUT2D eigenvalue weighted by molar-refractivity contribution is 6.00. The summed E-state index contributed by atoms with van der Waals surface area (Å²) in [6.45, 7) is 12.8. The number of hydrogen-bond acceptors (Lipinski definition) is 5. The molecule has 2 aromatic rings. The molecule has 2 atom stereocenters. The zero-order valence-electron chi connectivity index (χ0n) is 23.4. The Morgan fingerprint density at radius 1 is 1.00 bits per heavy atom. The number of amides is 4. The first-order chi connectivity index (χ1) is 17.7. The van der Waals surface area contributed by atoms with Crippen LogP contribution >= 0.6 is 0 Å². The molecule has 0 spiro atoms. The monoisotopic (exact) mass is 524 g/mol. The average Bonchev–Trinajstić information content (AvgIpc) is 2.80. The molecule has 0 aliphatic rings. The zero-order valence-corrected chi connectivity index (χ0v) is 23.4. The van der Waals surface area contributed by atoms with Crippen molar-refractivity contribution in [2.75, 3.05) is 11.9 Å². The summed E-state index contributed by atoms with van der Waals surface area (Å²) < 4.78 is 5.31. The van der Waals surface area contributed by atoms with E-state index in [1.165, 1.54) is 4.90 Å². The Balaban J connectivity index is 2.57. The SMILES string of the molecule is CCCN(C(=O)C(CC(N)=O)NC(=O)OC(C)(C)C)C(C(=O)Nc1ccccc1C)c1cc(C)ccc1C. The summed E-state index contributed by atoms with van der Waals surface area (Å²) in [5, 5.41) is 5.45. The maximum atomic E-state index is 14.0. The molecule has 0 fully saturated rings. The molecule has 0 radical (unpaired) electrons. The van der Waals surface area contributed by atoms with Crippen LogP contribution in [0.25, 0.3) is 0 Å². The van der Waals surface area contributed by atoms with Crippen LogP contribution in [0, 0.1) is 20.8 Å². The highest BCUT2D eigenvalue weighted by atomic mass is 16.6. The highest BCUT2D eigenvalue weighted by Gasteiger charge is 2.37. The van der Waals surface area contributed by atoms with Crippen LogP contribution < -0.4 is 16.4 Å². The number of nitrogens with zero attached hydrogens (tertiary/aromatic N) is 1. The van der Waals surface area contributed by atoms with Gasteiger partial charge in [-0.25, -0.2) is 4.79 Å². The predicted octanol–water partition coefficient (Wildman–Crippen LogP) is 4.30. The third-order valence-electron chi connectivity index (χ3n) is 5.83. The third-order valence-corrected chi connectivity index (χ3v) is 5.83. The van der Waals surface area contributed by atoms with E-state index in [9.17, 15) is 19.2 Å². The lowest BCUT2D eigenvalue weighted by atomic mass is 9.95. The number of carbonyl (C=O) groups is 4. The second-order valence-corrected chi connectivity index (χ2v) is 10.5. The van der Waals surface area contributed by atoms with Gasteiger partial charge in [-0.15, -0.1) is 0 Å². The van der Waals surface area contributed by atoms with Gasteiger partial charge in [-0.2, -0.15) is 0 Å². The van der Waals surface area contributed by atoms with E-state index < -0.39 is 47.9 Å². The van der Waals surface area contributed by atoms with Crippen molar-refractivity contribution in [1.82, 2.24) is 10.2 Å². The number of alkyl carbamates (subject to hydrolysis) is 1. The molecular formula is C29H40N4O5. The molecule has 2 aromatic carbocycles. The minimum absolute atomic E-state index is 0.198. The van der Waals surface area contributed by atoms with Crippen molar-refractivity contribution in [1.29, 1.82) is 0 Å². The lowest BCUT2D eigenvalue weighted by molar-refractivity contribution is -0.141. The molecule has 9 heteroatoms. The van der Waals surface area contributed by atoms with E-state index in [1.54, 1.807) is 26.8 Å². The number of primary amides is 1. The number of carbonyl (C=O) groups excluding carboxylic acids is 4. The first-order valence-electron chi connectivity index (χ1n) is 12.8. The Kier molecular flexibility index (Phi) is 10.4. The Morgan fingerprint density at radius 3 is 2.24 bits per heavy atom. The summed E-state index contributed by atoms with van der Waals surface area (Å²) >= 11 is 0. The van der Waals surface area contributed by atoms with E-state index in [0.29, 0.717) is 17.7 Å². The van der Waals surface area contributed by atoms with Gasteiger partial charge in [0.15, 0.2) is 0 Å². The van der Waals surface area contributed by atoms with E-state index in [-0.39, 0.29) is 6.54 Å². The number of aryl methyl sites for hydroxylation is 3. The summed E-state index contributed by atoms with van der Waals surface area (Å²) in [5.74, 6) is -1.80. The van der Waals surface area contributed by atoms with Crippen molar-refractivity contribution in [3.8, 4) is 0 Å². The zero-order chi connectivity index (χ0) is 28.6. The highest BCUT2D eigenvalue weighted by Crippen LogP contribution is 2.29. The van der Waals surface area contributed by atoms with Crippen LogP contribution in [0.4, 0.5) is 10.5 Å². The molecule has 2 unspecified atom stereocenters. The summed E-state index contributed by atoms with van der Waals surface area (Å²) in [7, 11) is 0. The van der Waals surface area contributed by atoms with E-state index in [4.69, 9.17) is 10.5 Å². The third kappa shape index (κ3) is 8.61.